The van der Waals surface area contributed by atoms with Crippen molar-refractivity contribution < 1.29 is 8.42 Å². The van der Waals surface area contributed by atoms with E-state index in [2.05, 4.69) is 10.2 Å². The Bertz CT molecular complexity index is 950. The van der Waals surface area contributed by atoms with Gasteiger partial charge in [0.15, 0.2) is 9.84 Å². The molecule has 22 heavy (non-hydrogen) atoms. The normalized spacial score (nSPS) is 11.7. The summed E-state index contributed by atoms with van der Waals surface area (Å²) in [5, 5.41) is 10.0. The fourth-order valence-corrected chi connectivity index (χ4v) is 3.64. The summed E-state index contributed by atoms with van der Waals surface area (Å²) in [7, 11) is -3.20. The van der Waals surface area contributed by atoms with Gasteiger partial charge in [-0.2, -0.15) is 16.4 Å². The zero-order valence-corrected chi connectivity index (χ0v) is 13.3. The minimum absolute atomic E-state index is 0.260. The minimum atomic E-state index is -3.20. The molecule has 0 unspecified atom stereocenters. The van der Waals surface area contributed by atoms with E-state index in [9.17, 15) is 13.2 Å². The number of H-pyrrole nitrogens is 1. The van der Waals surface area contributed by atoms with Crippen molar-refractivity contribution in [3.8, 4) is 11.1 Å². The summed E-state index contributed by atoms with van der Waals surface area (Å²) < 4.78 is 24.5. The van der Waals surface area contributed by atoms with Gasteiger partial charge in [0.2, 0.25) is 0 Å². The Labute approximate surface area is 131 Å². The lowest BCUT2D eigenvalue weighted by Gasteiger charge is -2.05. The lowest BCUT2D eigenvalue weighted by molar-refractivity contribution is 0.602. The van der Waals surface area contributed by atoms with E-state index in [0.717, 1.165) is 16.7 Å². The molecule has 0 aliphatic rings. The lowest BCUT2D eigenvalue weighted by atomic mass is 10.0. The molecule has 0 radical (unpaired) electrons. The predicted molar refractivity (Wildman–Crippen MR) is 84.8 cm³/mol. The number of aromatic nitrogens is 3. The van der Waals surface area contributed by atoms with E-state index >= 15 is 0 Å². The molecule has 114 valence electrons. The smallest absolute Gasteiger partial charge is 0.277 e. The summed E-state index contributed by atoms with van der Waals surface area (Å²) in [6.45, 7) is 0.419. The molecule has 2 heterocycles. The molecule has 1 N–H and O–H groups in total. The Kier molecular flexibility index (Phi) is 3.71. The highest BCUT2D eigenvalue weighted by Crippen LogP contribution is 2.28. The first-order valence-corrected chi connectivity index (χ1v) is 9.24. The van der Waals surface area contributed by atoms with Gasteiger partial charge >= 0.3 is 5.69 Å². The highest BCUT2D eigenvalue weighted by atomic mass is 32.2. The van der Waals surface area contributed by atoms with Crippen LogP contribution in [0.25, 0.3) is 11.1 Å². The topological polar surface area (TPSA) is 84.8 Å². The van der Waals surface area contributed by atoms with Crippen molar-refractivity contribution in [2.24, 2.45) is 0 Å². The summed E-state index contributed by atoms with van der Waals surface area (Å²) >= 11 is 1.53. The highest BCUT2D eigenvalue weighted by Gasteiger charge is 2.11. The first kappa shape index (κ1) is 14.7. The number of benzene rings is 1. The van der Waals surface area contributed by atoms with Crippen LogP contribution in [-0.2, 0) is 16.4 Å². The van der Waals surface area contributed by atoms with Gasteiger partial charge in [-0.15, -0.1) is 0 Å². The molecule has 0 saturated heterocycles. The van der Waals surface area contributed by atoms with E-state index in [-0.39, 0.29) is 5.69 Å². The monoisotopic (exact) mass is 335 g/mol. The molecule has 0 bridgehead atoms. The van der Waals surface area contributed by atoms with Crippen molar-refractivity contribution in [3.05, 3.63) is 57.4 Å². The van der Waals surface area contributed by atoms with Crippen LogP contribution in [0, 0.1) is 0 Å². The number of sulfone groups is 1. The molecule has 0 aliphatic heterocycles. The Morgan fingerprint density at radius 2 is 1.95 bits per heavy atom. The minimum Gasteiger partial charge on any atom is -0.277 e. The third-order valence-corrected chi connectivity index (χ3v) is 5.22. The van der Waals surface area contributed by atoms with E-state index < -0.39 is 9.84 Å². The van der Waals surface area contributed by atoms with E-state index in [1.54, 1.807) is 24.3 Å². The summed E-state index contributed by atoms with van der Waals surface area (Å²) in [6.07, 6.45) is 2.64. The van der Waals surface area contributed by atoms with Crippen molar-refractivity contribution in [1.82, 2.24) is 14.8 Å². The molecule has 0 spiro atoms. The molecule has 3 aromatic rings. The fraction of sp³-hybridized carbons (Fsp3) is 0.143. The number of aromatic amines is 1. The third kappa shape index (κ3) is 2.88. The largest absolute Gasteiger partial charge is 0.343 e. The second-order valence-electron chi connectivity index (χ2n) is 4.90. The first-order chi connectivity index (χ1) is 10.4. The lowest BCUT2D eigenvalue weighted by Crippen LogP contribution is -2.16. The van der Waals surface area contributed by atoms with E-state index in [1.807, 2.05) is 10.8 Å². The predicted octanol–water partition coefficient (Wildman–Crippen LogP) is 1.75. The highest BCUT2D eigenvalue weighted by molar-refractivity contribution is 7.90. The van der Waals surface area contributed by atoms with Crippen LogP contribution in [0.1, 0.15) is 5.56 Å². The zero-order chi connectivity index (χ0) is 15.7. The molecule has 0 atom stereocenters. The van der Waals surface area contributed by atoms with Gasteiger partial charge in [0, 0.05) is 6.26 Å². The van der Waals surface area contributed by atoms with Gasteiger partial charge in [-0.3, -0.25) is 4.57 Å². The molecule has 0 saturated carbocycles. The molecular weight excluding hydrogens is 322 g/mol. The summed E-state index contributed by atoms with van der Waals surface area (Å²) in [5.41, 5.74) is 2.63. The maximum absolute atomic E-state index is 11.5. The Balaban J connectivity index is 1.95. The van der Waals surface area contributed by atoms with Gasteiger partial charge in [-0.25, -0.2) is 18.3 Å². The summed E-state index contributed by atoms with van der Waals surface area (Å²) in [4.78, 5) is 11.8. The molecule has 3 rings (SSSR count). The summed E-state index contributed by atoms with van der Waals surface area (Å²) in [5.74, 6) is 0. The average molecular weight is 335 g/mol. The second-order valence-corrected chi connectivity index (χ2v) is 7.66. The van der Waals surface area contributed by atoms with Gasteiger partial charge < -0.3 is 0 Å². The van der Waals surface area contributed by atoms with Gasteiger partial charge in [0.25, 0.3) is 0 Å². The van der Waals surface area contributed by atoms with Crippen LogP contribution in [0.15, 0.2) is 51.0 Å². The molecule has 0 aliphatic carbocycles. The van der Waals surface area contributed by atoms with Gasteiger partial charge in [0.1, 0.15) is 6.33 Å². The molecule has 0 fully saturated rings. The van der Waals surface area contributed by atoms with E-state index in [4.69, 9.17) is 0 Å². The van der Waals surface area contributed by atoms with Crippen LogP contribution in [0.2, 0.25) is 0 Å². The van der Waals surface area contributed by atoms with Crippen LogP contribution >= 0.6 is 11.3 Å². The molecule has 6 nitrogen and oxygen atoms in total. The van der Waals surface area contributed by atoms with Gasteiger partial charge in [-0.05, 0) is 39.6 Å². The van der Waals surface area contributed by atoms with Crippen molar-refractivity contribution in [2.45, 2.75) is 11.4 Å². The fourth-order valence-electron chi connectivity index (χ4n) is 2.15. The zero-order valence-electron chi connectivity index (χ0n) is 11.7. The molecular formula is C14H13N3O3S2. The van der Waals surface area contributed by atoms with Gasteiger partial charge in [-0.1, -0.05) is 12.1 Å². The first-order valence-electron chi connectivity index (χ1n) is 6.40. The Hall–Kier alpha value is -2.19. The standard InChI is InChI=1S/C14H13N3O3S2/c1-22(19,20)12-4-2-10(3-5-12)13-8-21-7-11(13)6-17-9-15-16-14(17)18/h2-5,7-9H,6H2,1H3,(H,16,18). The van der Waals surface area contributed by atoms with Crippen molar-refractivity contribution in [3.63, 3.8) is 0 Å². The maximum Gasteiger partial charge on any atom is 0.343 e. The van der Waals surface area contributed by atoms with Crippen LogP contribution in [0.4, 0.5) is 0 Å². The van der Waals surface area contributed by atoms with Crippen LogP contribution in [-0.4, -0.2) is 29.4 Å². The van der Waals surface area contributed by atoms with Crippen LogP contribution in [0.3, 0.4) is 0 Å². The number of hydrogen-bond acceptors (Lipinski definition) is 5. The van der Waals surface area contributed by atoms with Crippen molar-refractivity contribution in [1.29, 1.82) is 0 Å². The van der Waals surface area contributed by atoms with Crippen LogP contribution < -0.4 is 5.69 Å². The Morgan fingerprint density at radius 1 is 1.23 bits per heavy atom. The quantitative estimate of drug-likeness (QED) is 0.787. The Morgan fingerprint density at radius 3 is 2.55 bits per heavy atom. The van der Waals surface area contributed by atoms with Crippen LogP contribution in [0.5, 0.6) is 0 Å². The number of nitrogens with one attached hydrogen (secondary N) is 1. The molecule has 8 heteroatoms. The number of hydrogen-bond donors (Lipinski definition) is 1. The van der Waals surface area contributed by atoms with Crippen molar-refractivity contribution >= 4 is 21.2 Å². The number of rotatable bonds is 4. The number of thiophene rings is 1. The average Bonchev–Trinajstić information content (AvgIpc) is 3.09. The maximum atomic E-state index is 11.5. The van der Waals surface area contributed by atoms with Gasteiger partial charge in [0.05, 0.1) is 11.4 Å². The third-order valence-electron chi connectivity index (χ3n) is 3.29. The second kappa shape index (κ2) is 5.54. The number of nitrogens with zero attached hydrogens (tertiary/aromatic N) is 2. The summed E-state index contributed by atoms with van der Waals surface area (Å²) in [6, 6.07) is 6.74. The van der Waals surface area contributed by atoms with E-state index in [0.29, 0.717) is 11.4 Å². The molecule has 1 aromatic carbocycles. The SMILES string of the molecule is CS(=O)(=O)c1ccc(-c2cscc2Cn2cn[nH]c2=O)cc1. The molecule has 0 amide bonds. The molecule has 2 aromatic heterocycles. The van der Waals surface area contributed by atoms with E-state index in [1.165, 1.54) is 28.5 Å². The van der Waals surface area contributed by atoms with Crippen molar-refractivity contribution in [2.75, 3.05) is 6.26 Å².